The Morgan fingerprint density at radius 1 is 0.627 bits per heavy atom. The number of thioether (sulfide) groups is 1. The molecule has 0 heterocycles. The van der Waals surface area contributed by atoms with Crippen molar-refractivity contribution in [2.45, 2.75) is 10.1 Å². The lowest BCUT2D eigenvalue weighted by Gasteiger charge is -2.19. The highest BCUT2D eigenvalue weighted by molar-refractivity contribution is 8.00. The fourth-order valence-electron chi connectivity index (χ4n) is 5.09. The van der Waals surface area contributed by atoms with Gasteiger partial charge in [-0.3, -0.25) is 14.4 Å². The number of benzene rings is 5. The van der Waals surface area contributed by atoms with Crippen LogP contribution in [0.1, 0.15) is 26.7 Å². The number of amides is 3. The summed E-state index contributed by atoms with van der Waals surface area (Å²) in [5.74, 6) is 0.462. The van der Waals surface area contributed by atoms with Gasteiger partial charge in [0.25, 0.3) is 11.8 Å². The maximum Gasteiger partial charge on any atom is 0.272 e. The van der Waals surface area contributed by atoms with Crippen molar-refractivity contribution >= 4 is 46.9 Å². The largest absolute Gasteiger partial charge is 0.496 e. The molecule has 5 aromatic rings. The first kappa shape index (κ1) is 36.1. The molecule has 0 fully saturated rings. The summed E-state index contributed by atoms with van der Waals surface area (Å²) in [6.07, 6.45) is 1.50. The Kier molecular flexibility index (Phi) is 12.4. The molecule has 5 aromatic carbocycles. The van der Waals surface area contributed by atoms with Crippen molar-refractivity contribution in [1.29, 1.82) is 0 Å². The molecule has 0 aromatic heterocycles. The molecule has 260 valence electrons. The number of methoxy groups -OCH3 is 4. The van der Waals surface area contributed by atoms with Gasteiger partial charge < -0.3 is 34.9 Å². The summed E-state index contributed by atoms with van der Waals surface area (Å²) in [6.45, 7) is 0. The van der Waals surface area contributed by atoms with Gasteiger partial charge in [0.1, 0.15) is 22.4 Å². The molecular formula is C40H37N3O7S. The second-order valence-electron chi connectivity index (χ2n) is 10.9. The first-order chi connectivity index (χ1) is 24.8. The maximum absolute atomic E-state index is 13.9. The van der Waals surface area contributed by atoms with Crippen LogP contribution in [0.2, 0.25) is 0 Å². The second-order valence-corrected chi connectivity index (χ2v) is 12.1. The zero-order chi connectivity index (χ0) is 36.2. The third-order valence-corrected chi connectivity index (χ3v) is 8.86. The van der Waals surface area contributed by atoms with Crippen molar-refractivity contribution in [3.05, 3.63) is 144 Å². The fraction of sp³-hybridized carbons (Fsp3) is 0.125. The smallest absolute Gasteiger partial charge is 0.272 e. The van der Waals surface area contributed by atoms with Crippen LogP contribution < -0.4 is 34.9 Å². The number of rotatable bonds is 14. The molecule has 0 aliphatic heterocycles. The Bertz CT molecular complexity index is 2020. The lowest BCUT2D eigenvalue weighted by Crippen LogP contribution is -2.30. The molecule has 0 saturated carbocycles. The van der Waals surface area contributed by atoms with E-state index in [1.54, 1.807) is 79.9 Å². The van der Waals surface area contributed by atoms with Gasteiger partial charge in [0.15, 0.2) is 11.5 Å². The standard InChI is InChI=1S/C40H37N3O7S/c1-47-33-21-12-11-20-31(33)42-40(46)37(26-14-7-5-8-15-26)51-30-19-13-18-29(24-30)41-39(45)32(43-38(44)27-16-9-6-10-17-27)22-28-23-35(49-3)36(50-4)25-34(28)48-2/h5-25,37H,1-4H3,(H,41,45)(H,42,46)(H,43,44)/b32-22+. The highest BCUT2D eigenvalue weighted by atomic mass is 32.2. The van der Waals surface area contributed by atoms with E-state index in [2.05, 4.69) is 16.0 Å². The van der Waals surface area contributed by atoms with E-state index >= 15 is 0 Å². The molecule has 1 unspecified atom stereocenters. The molecule has 0 radical (unpaired) electrons. The molecule has 10 nitrogen and oxygen atoms in total. The van der Waals surface area contributed by atoms with E-state index in [9.17, 15) is 14.4 Å². The van der Waals surface area contributed by atoms with Crippen molar-refractivity contribution in [2.75, 3.05) is 39.1 Å². The Hall–Kier alpha value is -6.20. The minimum Gasteiger partial charge on any atom is -0.496 e. The summed E-state index contributed by atoms with van der Waals surface area (Å²) < 4.78 is 21.9. The van der Waals surface area contributed by atoms with E-state index in [0.717, 1.165) is 10.5 Å². The van der Waals surface area contributed by atoms with Gasteiger partial charge in [-0.1, -0.05) is 66.7 Å². The molecule has 51 heavy (non-hydrogen) atoms. The molecule has 0 bridgehead atoms. The van der Waals surface area contributed by atoms with Crippen LogP contribution in [-0.2, 0) is 9.59 Å². The minimum absolute atomic E-state index is 0.0502. The third-order valence-electron chi connectivity index (χ3n) is 7.62. The number of carbonyl (C=O) groups excluding carboxylic acids is 3. The highest BCUT2D eigenvalue weighted by Gasteiger charge is 2.24. The summed E-state index contributed by atoms with van der Waals surface area (Å²) in [5.41, 5.74) is 2.57. The van der Waals surface area contributed by atoms with Gasteiger partial charge in [-0.15, -0.1) is 11.8 Å². The van der Waals surface area contributed by atoms with Crippen molar-refractivity contribution in [3.8, 4) is 23.0 Å². The Morgan fingerprint density at radius 2 is 1.25 bits per heavy atom. The summed E-state index contributed by atoms with van der Waals surface area (Å²) in [6, 6.07) is 35.6. The Balaban J connectivity index is 1.44. The van der Waals surface area contributed by atoms with Crippen LogP contribution in [0, 0.1) is 0 Å². The number of nitrogens with one attached hydrogen (secondary N) is 3. The van der Waals surface area contributed by atoms with Crippen LogP contribution in [0.25, 0.3) is 6.08 Å². The van der Waals surface area contributed by atoms with Gasteiger partial charge >= 0.3 is 0 Å². The number of hydrogen-bond acceptors (Lipinski definition) is 8. The lowest BCUT2D eigenvalue weighted by molar-refractivity contribution is -0.116. The highest BCUT2D eigenvalue weighted by Crippen LogP contribution is 2.39. The normalized spacial score (nSPS) is 11.5. The molecule has 0 spiro atoms. The summed E-state index contributed by atoms with van der Waals surface area (Å²) in [7, 11) is 6.04. The fourth-order valence-corrected chi connectivity index (χ4v) is 6.18. The van der Waals surface area contributed by atoms with E-state index < -0.39 is 17.1 Å². The first-order valence-corrected chi connectivity index (χ1v) is 16.7. The molecule has 0 aliphatic rings. The SMILES string of the molecule is COc1cc(OC)c(OC)cc1/C=C(/NC(=O)c1ccccc1)C(=O)Nc1cccc(SC(C(=O)Nc2ccccc2OC)c2ccccc2)c1. The van der Waals surface area contributed by atoms with Gasteiger partial charge in [-0.25, -0.2) is 0 Å². The van der Waals surface area contributed by atoms with Crippen LogP contribution in [0.3, 0.4) is 0 Å². The van der Waals surface area contributed by atoms with Crippen molar-refractivity contribution in [2.24, 2.45) is 0 Å². The van der Waals surface area contributed by atoms with Crippen LogP contribution in [0.5, 0.6) is 23.0 Å². The van der Waals surface area contributed by atoms with Crippen LogP contribution in [-0.4, -0.2) is 46.2 Å². The van der Waals surface area contributed by atoms with Crippen LogP contribution in [0.15, 0.2) is 132 Å². The zero-order valence-corrected chi connectivity index (χ0v) is 29.3. The average Bonchev–Trinajstić information content (AvgIpc) is 3.17. The molecule has 3 N–H and O–H groups in total. The molecular weight excluding hydrogens is 667 g/mol. The Morgan fingerprint density at radius 3 is 1.94 bits per heavy atom. The van der Waals surface area contributed by atoms with Gasteiger partial charge in [0.2, 0.25) is 5.91 Å². The van der Waals surface area contributed by atoms with Gasteiger partial charge in [0, 0.05) is 27.8 Å². The number of hydrogen-bond donors (Lipinski definition) is 3. The van der Waals surface area contributed by atoms with Crippen LogP contribution >= 0.6 is 11.8 Å². The minimum atomic E-state index is -0.639. The summed E-state index contributed by atoms with van der Waals surface area (Å²) in [5, 5.41) is 8.00. The molecule has 1 atom stereocenters. The topological polar surface area (TPSA) is 124 Å². The van der Waals surface area contributed by atoms with Crippen molar-refractivity contribution in [1.82, 2.24) is 5.32 Å². The Labute approximate surface area is 300 Å². The number of ether oxygens (including phenoxy) is 4. The molecule has 3 amide bonds. The van der Waals surface area contributed by atoms with Crippen LogP contribution in [0.4, 0.5) is 11.4 Å². The van der Waals surface area contributed by atoms with Gasteiger partial charge in [0.05, 0.1) is 34.1 Å². The zero-order valence-electron chi connectivity index (χ0n) is 28.5. The molecule has 5 rings (SSSR count). The first-order valence-electron chi connectivity index (χ1n) is 15.8. The number of anilines is 2. The van der Waals surface area contributed by atoms with E-state index in [0.29, 0.717) is 45.5 Å². The molecule has 0 aliphatic carbocycles. The van der Waals surface area contributed by atoms with E-state index in [4.69, 9.17) is 18.9 Å². The van der Waals surface area contributed by atoms with E-state index in [1.165, 1.54) is 39.2 Å². The lowest BCUT2D eigenvalue weighted by atomic mass is 10.1. The molecule has 0 saturated heterocycles. The number of para-hydroxylation sites is 2. The van der Waals surface area contributed by atoms with E-state index in [1.807, 2.05) is 48.5 Å². The quantitative estimate of drug-likeness (QED) is 0.0798. The number of carbonyl (C=O) groups is 3. The summed E-state index contributed by atoms with van der Waals surface area (Å²) in [4.78, 5) is 41.6. The monoisotopic (exact) mass is 703 g/mol. The average molecular weight is 704 g/mol. The van der Waals surface area contributed by atoms with Crippen molar-refractivity contribution < 1.29 is 33.3 Å². The van der Waals surface area contributed by atoms with Crippen molar-refractivity contribution in [3.63, 3.8) is 0 Å². The second kappa shape index (κ2) is 17.5. The summed E-state index contributed by atoms with van der Waals surface area (Å²) >= 11 is 1.32. The third kappa shape index (κ3) is 9.28. The van der Waals surface area contributed by atoms with Gasteiger partial charge in [-0.2, -0.15) is 0 Å². The van der Waals surface area contributed by atoms with Gasteiger partial charge in [-0.05, 0) is 60.2 Å². The van der Waals surface area contributed by atoms with E-state index in [-0.39, 0.29) is 11.6 Å². The molecule has 11 heteroatoms. The predicted octanol–water partition coefficient (Wildman–Crippen LogP) is 7.60. The maximum atomic E-state index is 13.9. The predicted molar refractivity (Wildman–Crippen MR) is 200 cm³/mol.